The van der Waals surface area contributed by atoms with Crippen LogP contribution in [0, 0.1) is 0 Å². The zero-order valence-corrected chi connectivity index (χ0v) is 14.1. The summed E-state index contributed by atoms with van der Waals surface area (Å²) < 4.78 is 11.9. The minimum absolute atomic E-state index is 0.0598. The quantitative estimate of drug-likeness (QED) is 0.847. The van der Waals surface area contributed by atoms with Crippen molar-refractivity contribution >= 4 is 17.2 Å². The first kappa shape index (κ1) is 15.5. The molecule has 0 N–H and O–H groups in total. The summed E-state index contributed by atoms with van der Waals surface area (Å²) in [5, 5.41) is 4.02. The number of amides is 1. The summed E-state index contributed by atoms with van der Waals surface area (Å²) in [7, 11) is 0. The fraction of sp³-hybridized carbons (Fsp3) is 0.471. The molecule has 2 aromatic rings. The van der Waals surface area contributed by atoms with Gasteiger partial charge in [0.1, 0.15) is 11.7 Å². The average molecular weight is 345 g/mol. The molecule has 6 nitrogen and oxygen atoms in total. The maximum Gasteiger partial charge on any atom is 0.232 e. The molecule has 7 heteroatoms. The van der Waals surface area contributed by atoms with E-state index in [2.05, 4.69) is 9.97 Å². The Balaban J connectivity index is 1.31. The van der Waals surface area contributed by atoms with Crippen molar-refractivity contribution in [2.45, 2.75) is 31.0 Å². The summed E-state index contributed by atoms with van der Waals surface area (Å²) in [6, 6.07) is 2.00. The van der Waals surface area contributed by atoms with E-state index in [1.54, 1.807) is 29.9 Å². The van der Waals surface area contributed by atoms with Gasteiger partial charge in [0, 0.05) is 25.2 Å². The lowest BCUT2D eigenvalue weighted by molar-refractivity contribution is -0.193. The van der Waals surface area contributed by atoms with Crippen LogP contribution in [0.2, 0.25) is 0 Å². The van der Waals surface area contributed by atoms with Gasteiger partial charge in [-0.1, -0.05) is 0 Å². The largest absolute Gasteiger partial charge is 0.473 e. The fourth-order valence-electron chi connectivity index (χ4n) is 3.33. The molecule has 0 radical (unpaired) electrons. The van der Waals surface area contributed by atoms with Crippen LogP contribution in [0.1, 0.15) is 18.4 Å². The summed E-state index contributed by atoms with van der Waals surface area (Å²) in [5.41, 5.74) is 0.828. The van der Waals surface area contributed by atoms with Gasteiger partial charge in [-0.3, -0.25) is 9.78 Å². The monoisotopic (exact) mass is 345 g/mol. The second kappa shape index (κ2) is 6.49. The average Bonchev–Trinajstić information content (AvgIpc) is 3.06. The molecule has 4 rings (SSSR count). The molecule has 2 aliphatic heterocycles. The Morgan fingerprint density at radius 1 is 1.46 bits per heavy atom. The molecule has 2 aromatic heterocycles. The van der Waals surface area contributed by atoms with Gasteiger partial charge in [-0.05, 0) is 22.4 Å². The first-order valence-electron chi connectivity index (χ1n) is 8.08. The number of hydrogen-bond acceptors (Lipinski definition) is 6. The minimum Gasteiger partial charge on any atom is -0.473 e. The molecule has 0 aromatic carbocycles. The van der Waals surface area contributed by atoms with E-state index in [1.807, 2.05) is 21.7 Å². The van der Waals surface area contributed by atoms with E-state index in [1.165, 1.54) is 0 Å². The van der Waals surface area contributed by atoms with Gasteiger partial charge in [0.15, 0.2) is 0 Å². The Bertz CT molecular complexity index is 686. The lowest BCUT2D eigenvalue weighted by atomic mass is 9.84. The fourth-order valence-corrected chi connectivity index (χ4v) is 3.99. The highest BCUT2D eigenvalue weighted by Gasteiger charge is 2.49. The molecule has 1 atom stereocenters. The number of thiophene rings is 1. The molecule has 24 heavy (non-hydrogen) atoms. The summed E-state index contributed by atoms with van der Waals surface area (Å²) in [4.78, 5) is 22.4. The molecular formula is C17H19N3O3S. The van der Waals surface area contributed by atoms with Crippen LogP contribution < -0.4 is 4.74 Å². The predicted molar refractivity (Wildman–Crippen MR) is 89.0 cm³/mol. The molecule has 0 aliphatic carbocycles. The molecule has 1 amide bonds. The Kier molecular flexibility index (Phi) is 4.20. The normalized spacial score (nSPS) is 22.2. The molecule has 2 fully saturated rings. The van der Waals surface area contributed by atoms with Gasteiger partial charge in [0.2, 0.25) is 11.8 Å². The van der Waals surface area contributed by atoms with Crippen molar-refractivity contribution < 1.29 is 14.3 Å². The summed E-state index contributed by atoms with van der Waals surface area (Å²) in [5.74, 6) is 0.712. The van der Waals surface area contributed by atoms with Gasteiger partial charge in [-0.25, -0.2) is 4.98 Å². The lowest BCUT2D eigenvalue weighted by Crippen LogP contribution is -2.67. The van der Waals surface area contributed by atoms with E-state index >= 15 is 0 Å². The van der Waals surface area contributed by atoms with Gasteiger partial charge < -0.3 is 14.4 Å². The van der Waals surface area contributed by atoms with E-state index < -0.39 is 0 Å². The van der Waals surface area contributed by atoms with Gasteiger partial charge in [0.05, 0.1) is 32.3 Å². The maximum absolute atomic E-state index is 12.3. The van der Waals surface area contributed by atoms with Gasteiger partial charge in [-0.15, -0.1) is 0 Å². The first-order chi connectivity index (χ1) is 11.7. The van der Waals surface area contributed by atoms with Gasteiger partial charge >= 0.3 is 0 Å². The lowest BCUT2D eigenvalue weighted by Gasteiger charge is -2.52. The van der Waals surface area contributed by atoms with Crippen molar-refractivity contribution in [3.8, 4) is 5.88 Å². The molecule has 0 saturated carbocycles. The Labute approximate surface area is 144 Å². The molecule has 126 valence electrons. The second-order valence-corrected chi connectivity index (χ2v) is 7.15. The molecule has 2 saturated heterocycles. The summed E-state index contributed by atoms with van der Waals surface area (Å²) in [6.07, 6.45) is 7.02. The van der Waals surface area contributed by atoms with Crippen molar-refractivity contribution in [1.29, 1.82) is 0 Å². The van der Waals surface area contributed by atoms with Crippen LogP contribution >= 0.6 is 11.3 Å². The highest BCUT2D eigenvalue weighted by Crippen LogP contribution is 2.35. The number of aromatic nitrogens is 2. The molecule has 2 aliphatic rings. The number of nitrogens with zero attached hydrogens (tertiary/aromatic N) is 3. The highest BCUT2D eigenvalue weighted by atomic mass is 32.1. The highest BCUT2D eigenvalue weighted by molar-refractivity contribution is 7.08. The molecular weight excluding hydrogens is 326 g/mol. The summed E-state index contributed by atoms with van der Waals surface area (Å²) in [6.45, 7) is 1.95. The van der Waals surface area contributed by atoms with E-state index in [-0.39, 0.29) is 17.6 Å². The van der Waals surface area contributed by atoms with Crippen LogP contribution in [0.25, 0.3) is 0 Å². The topological polar surface area (TPSA) is 64.6 Å². The zero-order valence-electron chi connectivity index (χ0n) is 13.3. The number of carbonyl (C=O) groups excluding carboxylic acids is 1. The van der Waals surface area contributed by atoms with Crippen molar-refractivity contribution in [1.82, 2.24) is 14.9 Å². The second-order valence-electron chi connectivity index (χ2n) is 6.37. The SMILES string of the molecule is O=C(Cc1ccsc1)N1CC2(CC(Oc3cnccn3)CCO2)C1. The van der Waals surface area contributed by atoms with Crippen LogP contribution in [0.4, 0.5) is 0 Å². The molecule has 1 unspecified atom stereocenters. The maximum atomic E-state index is 12.3. The molecule has 1 spiro atoms. The number of likely N-dealkylation sites (tertiary alicyclic amines) is 1. The van der Waals surface area contributed by atoms with Crippen molar-refractivity contribution in [3.63, 3.8) is 0 Å². The predicted octanol–water partition coefficient (Wildman–Crippen LogP) is 1.92. The van der Waals surface area contributed by atoms with Gasteiger partial charge in [0.25, 0.3) is 0 Å². The Hall–Kier alpha value is -1.99. The number of hydrogen-bond donors (Lipinski definition) is 0. The van der Waals surface area contributed by atoms with Gasteiger partial charge in [-0.2, -0.15) is 11.3 Å². The third-order valence-corrected chi connectivity index (χ3v) is 5.25. The van der Waals surface area contributed by atoms with Crippen molar-refractivity contribution in [2.24, 2.45) is 0 Å². The number of carbonyl (C=O) groups is 1. The minimum atomic E-state index is -0.255. The number of rotatable bonds is 4. The van der Waals surface area contributed by atoms with Crippen LogP contribution in [-0.2, 0) is 16.0 Å². The van der Waals surface area contributed by atoms with Crippen LogP contribution in [0.3, 0.4) is 0 Å². The van der Waals surface area contributed by atoms with Crippen molar-refractivity contribution in [3.05, 3.63) is 41.0 Å². The van der Waals surface area contributed by atoms with E-state index in [9.17, 15) is 4.79 Å². The standard InChI is InChI=1S/C17H19N3O3S/c21-16(7-13-2-6-24-10-13)20-11-17(12-20)8-14(1-5-22-17)23-15-9-18-3-4-19-15/h2-4,6,9-10,14H,1,5,7-8,11-12H2. The smallest absolute Gasteiger partial charge is 0.232 e. The number of ether oxygens (including phenoxy) is 2. The van der Waals surface area contributed by atoms with E-state index in [0.29, 0.717) is 32.0 Å². The van der Waals surface area contributed by atoms with Crippen LogP contribution in [-0.4, -0.2) is 52.2 Å². The first-order valence-corrected chi connectivity index (χ1v) is 9.02. The Morgan fingerprint density at radius 3 is 3.12 bits per heavy atom. The Morgan fingerprint density at radius 2 is 2.38 bits per heavy atom. The van der Waals surface area contributed by atoms with Crippen molar-refractivity contribution in [2.75, 3.05) is 19.7 Å². The van der Waals surface area contributed by atoms with E-state index in [4.69, 9.17) is 9.47 Å². The zero-order chi connectivity index (χ0) is 16.4. The van der Waals surface area contributed by atoms with E-state index in [0.717, 1.165) is 18.4 Å². The van der Waals surface area contributed by atoms with Crippen LogP contribution in [0.15, 0.2) is 35.4 Å². The third kappa shape index (κ3) is 3.27. The third-order valence-electron chi connectivity index (χ3n) is 4.52. The molecule has 4 heterocycles. The summed E-state index contributed by atoms with van der Waals surface area (Å²) >= 11 is 1.62. The van der Waals surface area contributed by atoms with Crippen LogP contribution in [0.5, 0.6) is 5.88 Å². The molecule has 0 bridgehead atoms.